The molecule has 4 aromatic rings. The van der Waals surface area contributed by atoms with Crippen LogP contribution in [0.5, 0.6) is 0 Å². The van der Waals surface area contributed by atoms with Crippen LogP contribution in [0, 0.1) is 12.7 Å². The number of fused-ring (bicyclic) bond motifs is 1. The summed E-state index contributed by atoms with van der Waals surface area (Å²) in [7, 11) is 0. The molecule has 0 saturated carbocycles. The summed E-state index contributed by atoms with van der Waals surface area (Å²) < 4.78 is 14.9. The highest BCUT2D eigenvalue weighted by Gasteiger charge is 2.13. The summed E-state index contributed by atoms with van der Waals surface area (Å²) >= 11 is 0. The van der Waals surface area contributed by atoms with Crippen LogP contribution in [0.25, 0.3) is 16.7 Å². The Balaban J connectivity index is 1.58. The van der Waals surface area contributed by atoms with Crippen molar-refractivity contribution >= 4 is 16.8 Å². The van der Waals surface area contributed by atoms with E-state index in [2.05, 4.69) is 25.4 Å². The van der Waals surface area contributed by atoms with Crippen LogP contribution >= 0.6 is 0 Å². The summed E-state index contributed by atoms with van der Waals surface area (Å²) in [6, 6.07) is 9.68. The molecule has 0 saturated heterocycles. The molecular weight excluding hydrogens is 347 g/mol. The monoisotopic (exact) mass is 362 g/mol. The number of hydrogen-bond acceptors (Lipinski definition) is 5. The quantitative estimate of drug-likeness (QED) is 0.603. The highest BCUT2D eigenvalue weighted by Crippen LogP contribution is 2.18. The highest BCUT2D eigenvalue weighted by atomic mass is 19.1. The van der Waals surface area contributed by atoms with Crippen molar-refractivity contribution in [1.29, 1.82) is 0 Å². The topological polar surface area (TPSA) is 85.6 Å². The molecule has 0 spiro atoms. The number of amides is 1. The molecule has 0 radical (unpaired) electrons. The number of nitrogens with zero attached hydrogens (tertiary/aromatic N) is 5. The molecule has 134 valence electrons. The lowest BCUT2D eigenvalue weighted by Crippen LogP contribution is -2.25. The number of carbonyl (C=O) groups is 1. The largest absolute Gasteiger partial charge is 0.348 e. The molecule has 0 aliphatic rings. The molecule has 3 heterocycles. The standard InChI is InChI=1S/C19H15FN6O/c1-12-16(7-13-4-5-15(20)8-17(13)25-12)19(27)23-9-14-3-2-6-22-18(14)26-11-21-10-24-26/h2-8,10-11H,9H2,1H3,(H,23,27). The van der Waals surface area contributed by atoms with Crippen molar-refractivity contribution in [1.82, 2.24) is 30.0 Å². The fourth-order valence-electron chi connectivity index (χ4n) is 2.83. The number of nitrogens with one attached hydrogen (secondary N) is 1. The first-order valence-corrected chi connectivity index (χ1v) is 8.26. The maximum Gasteiger partial charge on any atom is 0.253 e. The molecule has 1 aromatic carbocycles. The Morgan fingerprint density at radius 3 is 2.96 bits per heavy atom. The lowest BCUT2D eigenvalue weighted by atomic mass is 10.1. The van der Waals surface area contributed by atoms with E-state index in [1.54, 1.807) is 42.3 Å². The Labute approximate surface area is 153 Å². The number of carbonyl (C=O) groups excluding carboxylic acids is 1. The SMILES string of the molecule is Cc1nc2cc(F)ccc2cc1C(=O)NCc1cccnc1-n1cncn1. The molecular formula is C19H15FN6O. The molecule has 1 N–H and O–H groups in total. The van der Waals surface area contributed by atoms with Crippen LogP contribution in [0.2, 0.25) is 0 Å². The van der Waals surface area contributed by atoms with Gasteiger partial charge in [0.25, 0.3) is 5.91 Å². The first-order valence-electron chi connectivity index (χ1n) is 8.26. The van der Waals surface area contributed by atoms with Gasteiger partial charge in [0.2, 0.25) is 0 Å². The van der Waals surface area contributed by atoms with Crippen LogP contribution in [0.4, 0.5) is 4.39 Å². The molecule has 3 aromatic heterocycles. The van der Waals surface area contributed by atoms with Gasteiger partial charge in [0.1, 0.15) is 18.5 Å². The minimum absolute atomic E-state index is 0.264. The van der Waals surface area contributed by atoms with E-state index in [1.165, 1.54) is 18.5 Å². The molecule has 0 unspecified atom stereocenters. The van der Waals surface area contributed by atoms with Crippen molar-refractivity contribution in [3.05, 3.63) is 77.9 Å². The third kappa shape index (κ3) is 3.37. The number of halogens is 1. The average molecular weight is 362 g/mol. The van der Waals surface area contributed by atoms with Gasteiger partial charge >= 0.3 is 0 Å². The fourth-order valence-corrected chi connectivity index (χ4v) is 2.83. The molecule has 7 nitrogen and oxygen atoms in total. The van der Waals surface area contributed by atoms with Gasteiger partial charge in [-0.05, 0) is 31.2 Å². The van der Waals surface area contributed by atoms with Crippen molar-refractivity contribution in [2.75, 3.05) is 0 Å². The van der Waals surface area contributed by atoms with E-state index in [0.29, 0.717) is 28.0 Å². The van der Waals surface area contributed by atoms with Crippen LogP contribution in [0.15, 0.2) is 55.2 Å². The van der Waals surface area contributed by atoms with Gasteiger partial charge in [-0.3, -0.25) is 9.78 Å². The van der Waals surface area contributed by atoms with Gasteiger partial charge in [0.15, 0.2) is 5.82 Å². The van der Waals surface area contributed by atoms with Crippen molar-refractivity contribution < 1.29 is 9.18 Å². The van der Waals surface area contributed by atoms with Crippen LogP contribution in [0.3, 0.4) is 0 Å². The van der Waals surface area contributed by atoms with Gasteiger partial charge in [-0.2, -0.15) is 5.10 Å². The third-order valence-electron chi connectivity index (χ3n) is 4.16. The van der Waals surface area contributed by atoms with Gasteiger partial charge in [0, 0.05) is 29.8 Å². The fraction of sp³-hybridized carbons (Fsp3) is 0.105. The van der Waals surface area contributed by atoms with E-state index in [9.17, 15) is 9.18 Å². The van der Waals surface area contributed by atoms with Crippen molar-refractivity contribution in [2.24, 2.45) is 0 Å². The van der Waals surface area contributed by atoms with E-state index in [1.807, 2.05) is 6.07 Å². The van der Waals surface area contributed by atoms with Crippen LogP contribution in [0.1, 0.15) is 21.6 Å². The van der Waals surface area contributed by atoms with Gasteiger partial charge in [0.05, 0.1) is 16.8 Å². The second-order valence-corrected chi connectivity index (χ2v) is 5.97. The van der Waals surface area contributed by atoms with Crippen molar-refractivity contribution in [2.45, 2.75) is 13.5 Å². The summed E-state index contributed by atoms with van der Waals surface area (Å²) in [4.78, 5) is 25.2. The highest BCUT2D eigenvalue weighted by molar-refractivity contribution is 5.98. The van der Waals surface area contributed by atoms with E-state index in [0.717, 1.165) is 5.56 Å². The molecule has 4 rings (SSSR count). The molecule has 0 aliphatic carbocycles. The maximum atomic E-state index is 13.4. The molecule has 0 bridgehead atoms. The molecule has 0 atom stereocenters. The normalized spacial score (nSPS) is 10.9. The molecule has 1 amide bonds. The zero-order valence-electron chi connectivity index (χ0n) is 14.4. The van der Waals surface area contributed by atoms with E-state index >= 15 is 0 Å². The maximum absolute atomic E-state index is 13.4. The second kappa shape index (κ2) is 6.91. The Bertz CT molecular complexity index is 1130. The lowest BCUT2D eigenvalue weighted by Gasteiger charge is -2.11. The number of aromatic nitrogens is 5. The molecule has 8 heteroatoms. The number of benzene rings is 1. The summed E-state index contributed by atoms with van der Waals surface area (Å²) in [5.74, 6) is -0.0254. The number of rotatable bonds is 4. The van der Waals surface area contributed by atoms with Crippen LogP contribution < -0.4 is 5.32 Å². The molecule has 0 fully saturated rings. The lowest BCUT2D eigenvalue weighted by molar-refractivity contribution is 0.0950. The van der Waals surface area contributed by atoms with Gasteiger partial charge in [-0.15, -0.1) is 0 Å². The summed E-state index contributed by atoms with van der Waals surface area (Å²) in [5, 5.41) is 7.66. The Morgan fingerprint density at radius 2 is 2.15 bits per heavy atom. The van der Waals surface area contributed by atoms with Crippen LogP contribution in [-0.4, -0.2) is 30.6 Å². The summed E-state index contributed by atoms with van der Waals surface area (Å²) in [5.41, 5.74) is 2.29. The Kier molecular flexibility index (Phi) is 4.29. The smallest absolute Gasteiger partial charge is 0.253 e. The van der Waals surface area contributed by atoms with E-state index in [-0.39, 0.29) is 18.3 Å². The minimum Gasteiger partial charge on any atom is -0.348 e. The first kappa shape index (κ1) is 16.8. The zero-order chi connectivity index (χ0) is 18.8. The predicted molar refractivity (Wildman–Crippen MR) is 96.8 cm³/mol. The zero-order valence-corrected chi connectivity index (χ0v) is 14.4. The predicted octanol–water partition coefficient (Wildman–Crippen LogP) is 2.59. The van der Waals surface area contributed by atoms with Gasteiger partial charge in [-0.1, -0.05) is 6.07 Å². The minimum atomic E-state index is -0.358. The van der Waals surface area contributed by atoms with Crippen LogP contribution in [-0.2, 0) is 6.54 Å². The summed E-state index contributed by atoms with van der Waals surface area (Å²) in [6.07, 6.45) is 4.62. The van der Waals surface area contributed by atoms with E-state index < -0.39 is 0 Å². The number of hydrogen-bond donors (Lipinski definition) is 1. The Hall–Kier alpha value is -3.68. The van der Waals surface area contributed by atoms with Crippen molar-refractivity contribution in [3.63, 3.8) is 0 Å². The number of pyridine rings is 2. The van der Waals surface area contributed by atoms with E-state index in [4.69, 9.17) is 0 Å². The second-order valence-electron chi connectivity index (χ2n) is 5.97. The third-order valence-corrected chi connectivity index (χ3v) is 4.16. The van der Waals surface area contributed by atoms with Gasteiger partial charge < -0.3 is 5.32 Å². The first-order chi connectivity index (χ1) is 13.1. The molecule has 27 heavy (non-hydrogen) atoms. The average Bonchev–Trinajstić information content (AvgIpc) is 3.20. The van der Waals surface area contributed by atoms with Crippen molar-refractivity contribution in [3.8, 4) is 5.82 Å². The molecule has 0 aliphatic heterocycles. The Morgan fingerprint density at radius 1 is 1.26 bits per heavy atom. The number of aryl methyl sites for hydroxylation is 1. The van der Waals surface area contributed by atoms with Gasteiger partial charge in [-0.25, -0.2) is 19.0 Å². The summed E-state index contributed by atoms with van der Waals surface area (Å²) in [6.45, 7) is 1.99.